The van der Waals surface area contributed by atoms with Crippen LogP contribution in [0.1, 0.15) is 19.8 Å². The van der Waals surface area contributed by atoms with Crippen molar-refractivity contribution in [2.45, 2.75) is 38.1 Å². The van der Waals surface area contributed by atoms with Gasteiger partial charge in [-0.3, -0.25) is 4.79 Å². The Balaban J connectivity index is 3.96. The Morgan fingerprint density at radius 2 is 1.81 bits per heavy atom. The van der Waals surface area contributed by atoms with E-state index < -0.39 is 30.2 Å². The summed E-state index contributed by atoms with van der Waals surface area (Å²) in [6.07, 6.45) is -6.88. The number of aliphatic hydroxyl groups excluding tert-OH is 1. The van der Waals surface area contributed by atoms with Gasteiger partial charge in [0.2, 0.25) is 0 Å². The molecule has 94 valence electrons. The third-order valence-corrected chi connectivity index (χ3v) is 1.79. The van der Waals surface area contributed by atoms with Crippen LogP contribution in [0.4, 0.5) is 13.2 Å². The summed E-state index contributed by atoms with van der Waals surface area (Å²) < 4.78 is 35.3. The van der Waals surface area contributed by atoms with E-state index in [4.69, 9.17) is 10.2 Å². The van der Waals surface area contributed by atoms with Gasteiger partial charge < -0.3 is 15.5 Å². The van der Waals surface area contributed by atoms with E-state index in [0.717, 1.165) is 0 Å². The predicted molar refractivity (Wildman–Crippen MR) is 46.5 cm³/mol. The zero-order valence-electron chi connectivity index (χ0n) is 8.41. The van der Waals surface area contributed by atoms with Crippen LogP contribution >= 0.6 is 0 Å². The molecule has 0 bridgehead atoms. The van der Waals surface area contributed by atoms with E-state index in [1.807, 2.05) is 0 Å². The number of amides is 1. The van der Waals surface area contributed by atoms with E-state index in [2.05, 4.69) is 0 Å². The van der Waals surface area contributed by atoms with Crippen molar-refractivity contribution in [3.05, 3.63) is 0 Å². The summed E-state index contributed by atoms with van der Waals surface area (Å²) in [5.41, 5.74) is 0. The van der Waals surface area contributed by atoms with Gasteiger partial charge in [0.15, 0.2) is 6.10 Å². The van der Waals surface area contributed by atoms with Crippen molar-refractivity contribution in [1.82, 2.24) is 5.32 Å². The second-order valence-corrected chi connectivity index (χ2v) is 3.30. The summed E-state index contributed by atoms with van der Waals surface area (Å²) in [5, 5.41) is 18.8. The van der Waals surface area contributed by atoms with Crippen LogP contribution in [-0.4, -0.2) is 40.4 Å². The van der Waals surface area contributed by atoms with E-state index in [1.54, 1.807) is 5.32 Å². The first kappa shape index (κ1) is 14.7. The van der Waals surface area contributed by atoms with Gasteiger partial charge in [-0.2, -0.15) is 13.2 Å². The molecule has 0 saturated heterocycles. The van der Waals surface area contributed by atoms with Crippen LogP contribution in [0, 0.1) is 0 Å². The van der Waals surface area contributed by atoms with Crippen molar-refractivity contribution in [2.75, 3.05) is 0 Å². The molecule has 5 nitrogen and oxygen atoms in total. The van der Waals surface area contributed by atoms with E-state index in [9.17, 15) is 22.8 Å². The van der Waals surface area contributed by atoms with Crippen molar-refractivity contribution in [3.63, 3.8) is 0 Å². The fourth-order valence-corrected chi connectivity index (χ4v) is 0.909. The average Bonchev–Trinajstić information content (AvgIpc) is 2.12. The van der Waals surface area contributed by atoms with Gasteiger partial charge in [-0.25, -0.2) is 4.79 Å². The number of aliphatic hydroxyl groups is 1. The highest BCUT2D eigenvalue weighted by Gasteiger charge is 2.39. The number of carboxylic acid groups (broad SMARTS) is 1. The molecule has 0 aromatic heterocycles. The molecular weight excluding hydrogens is 231 g/mol. The van der Waals surface area contributed by atoms with Crippen LogP contribution in [0.15, 0.2) is 0 Å². The normalized spacial score (nSPS) is 15.3. The number of aliphatic carboxylic acids is 1. The summed E-state index contributed by atoms with van der Waals surface area (Å²) in [6, 6.07) is -0.858. The van der Waals surface area contributed by atoms with Crippen LogP contribution in [0.2, 0.25) is 0 Å². The minimum absolute atomic E-state index is 0.0602. The first-order valence-corrected chi connectivity index (χ1v) is 4.43. The number of nitrogens with one attached hydrogen (secondary N) is 1. The van der Waals surface area contributed by atoms with E-state index in [-0.39, 0.29) is 12.8 Å². The average molecular weight is 243 g/mol. The monoisotopic (exact) mass is 243 g/mol. The van der Waals surface area contributed by atoms with Crippen molar-refractivity contribution < 1.29 is 33.0 Å². The van der Waals surface area contributed by atoms with Gasteiger partial charge in [0.1, 0.15) is 0 Å². The van der Waals surface area contributed by atoms with Crippen LogP contribution < -0.4 is 5.32 Å². The molecule has 2 atom stereocenters. The van der Waals surface area contributed by atoms with Crippen molar-refractivity contribution in [3.8, 4) is 0 Å². The van der Waals surface area contributed by atoms with E-state index in [0.29, 0.717) is 0 Å². The van der Waals surface area contributed by atoms with Crippen molar-refractivity contribution in [1.29, 1.82) is 0 Å². The molecule has 0 aromatic carbocycles. The molecule has 0 aliphatic rings. The van der Waals surface area contributed by atoms with Crippen LogP contribution in [0.25, 0.3) is 0 Å². The summed E-state index contributed by atoms with van der Waals surface area (Å²) in [7, 11) is 0. The molecule has 0 aromatic rings. The summed E-state index contributed by atoms with van der Waals surface area (Å²) in [4.78, 5) is 20.6. The Morgan fingerprint density at radius 1 is 1.31 bits per heavy atom. The number of carbonyl (C=O) groups is 2. The molecule has 0 heterocycles. The second kappa shape index (κ2) is 5.69. The fourth-order valence-electron chi connectivity index (χ4n) is 0.909. The molecule has 8 heteroatoms. The van der Waals surface area contributed by atoms with Gasteiger partial charge in [0.05, 0.1) is 0 Å². The van der Waals surface area contributed by atoms with Gasteiger partial charge in [0.25, 0.3) is 0 Å². The van der Waals surface area contributed by atoms with Gasteiger partial charge >= 0.3 is 18.1 Å². The Kier molecular flexibility index (Phi) is 5.22. The molecule has 0 aliphatic carbocycles. The van der Waals surface area contributed by atoms with Crippen LogP contribution in [-0.2, 0) is 9.59 Å². The van der Waals surface area contributed by atoms with E-state index in [1.165, 1.54) is 6.92 Å². The maximum absolute atomic E-state index is 11.8. The first-order valence-electron chi connectivity index (χ1n) is 4.43. The quantitative estimate of drug-likeness (QED) is 0.647. The highest BCUT2D eigenvalue weighted by molar-refractivity contribution is 5.81. The third-order valence-electron chi connectivity index (χ3n) is 1.79. The molecular formula is C8H12F3NO4. The summed E-state index contributed by atoms with van der Waals surface area (Å²) in [5.74, 6) is -3.53. The Hall–Kier alpha value is -1.31. The lowest BCUT2D eigenvalue weighted by Crippen LogP contribution is -2.42. The molecule has 0 spiro atoms. The Bertz CT molecular complexity index is 266. The van der Waals surface area contributed by atoms with Crippen LogP contribution in [0.5, 0.6) is 0 Å². The standard InChI is InChI=1S/C8H12F3NO4/c1-4(2-3-5(13)6(14)15)12-7(16)8(9,10)11/h4-5,13H,2-3H2,1H3,(H,12,16)(H,14,15). The van der Waals surface area contributed by atoms with Crippen molar-refractivity contribution >= 4 is 11.9 Å². The number of hydrogen-bond acceptors (Lipinski definition) is 3. The lowest BCUT2D eigenvalue weighted by atomic mass is 10.1. The SMILES string of the molecule is CC(CCC(O)C(=O)O)NC(=O)C(F)(F)F. The number of rotatable bonds is 5. The zero-order valence-corrected chi connectivity index (χ0v) is 8.41. The van der Waals surface area contributed by atoms with Gasteiger partial charge in [0, 0.05) is 6.04 Å². The minimum atomic E-state index is -4.96. The molecule has 1 amide bonds. The fraction of sp³-hybridized carbons (Fsp3) is 0.750. The van der Waals surface area contributed by atoms with E-state index >= 15 is 0 Å². The smallest absolute Gasteiger partial charge is 0.471 e. The molecule has 3 N–H and O–H groups in total. The molecule has 0 saturated carbocycles. The Morgan fingerprint density at radius 3 is 2.19 bits per heavy atom. The third kappa shape index (κ3) is 5.54. The van der Waals surface area contributed by atoms with Crippen molar-refractivity contribution in [2.24, 2.45) is 0 Å². The van der Waals surface area contributed by atoms with Crippen LogP contribution in [0.3, 0.4) is 0 Å². The maximum atomic E-state index is 11.8. The lowest BCUT2D eigenvalue weighted by Gasteiger charge is -2.15. The lowest BCUT2D eigenvalue weighted by molar-refractivity contribution is -0.174. The van der Waals surface area contributed by atoms with Gasteiger partial charge in [-0.15, -0.1) is 0 Å². The number of alkyl halides is 3. The summed E-state index contributed by atoms with van der Waals surface area (Å²) >= 11 is 0. The molecule has 16 heavy (non-hydrogen) atoms. The molecule has 0 radical (unpaired) electrons. The second-order valence-electron chi connectivity index (χ2n) is 3.30. The highest BCUT2D eigenvalue weighted by Crippen LogP contribution is 2.15. The largest absolute Gasteiger partial charge is 0.479 e. The maximum Gasteiger partial charge on any atom is 0.471 e. The number of carbonyl (C=O) groups excluding carboxylic acids is 1. The van der Waals surface area contributed by atoms with Gasteiger partial charge in [-0.05, 0) is 19.8 Å². The molecule has 0 aliphatic heterocycles. The number of halogens is 3. The Labute approximate surface area is 89.3 Å². The zero-order chi connectivity index (χ0) is 12.9. The molecule has 2 unspecified atom stereocenters. The summed E-state index contributed by atoms with van der Waals surface area (Å²) in [6.45, 7) is 1.29. The number of carboxylic acids is 1. The topological polar surface area (TPSA) is 86.6 Å². The molecule has 0 fully saturated rings. The predicted octanol–water partition coefficient (Wildman–Crippen LogP) is 0.279. The van der Waals surface area contributed by atoms with Gasteiger partial charge in [-0.1, -0.05) is 0 Å². The minimum Gasteiger partial charge on any atom is -0.479 e. The molecule has 0 rings (SSSR count). The highest BCUT2D eigenvalue weighted by atomic mass is 19.4. The number of hydrogen-bond donors (Lipinski definition) is 3. The first-order chi connectivity index (χ1) is 7.14.